The molecule has 5 nitrogen and oxygen atoms in total. The Labute approximate surface area is 94.8 Å². The number of aromatic nitrogens is 2. The molecule has 0 saturated carbocycles. The highest BCUT2D eigenvalue weighted by atomic mass is 32.1. The van der Waals surface area contributed by atoms with Crippen LogP contribution in [-0.4, -0.2) is 20.4 Å². The molecule has 0 fully saturated rings. The van der Waals surface area contributed by atoms with Crippen LogP contribution in [0.1, 0.15) is 16.2 Å². The number of carboxylic acids is 1. The zero-order valence-corrected chi connectivity index (χ0v) is 8.73. The van der Waals surface area contributed by atoms with Crippen molar-refractivity contribution in [1.82, 2.24) is 9.36 Å². The van der Waals surface area contributed by atoms with Crippen molar-refractivity contribution >= 4 is 17.5 Å². The predicted octanol–water partition coefficient (Wildman–Crippen LogP) is 1.77. The van der Waals surface area contributed by atoms with E-state index in [4.69, 9.17) is 10.4 Å². The van der Waals surface area contributed by atoms with Crippen LogP contribution in [0.3, 0.4) is 0 Å². The van der Waals surface area contributed by atoms with Crippen LogP contribution in [0.15, 0.2) is 23.7 Å². The number of nitrogens with zero attached hydrogens (tertiary/aromatic N) is 3. The highest BCUT2D eigenvalue weighted by molar-refractivity contribution is 7.04. The molecule has 0 aliphatic carbocycles. The Hall–Kier alpha value is -2.26. The van der Waals surface area contributed by atoms with Crippen molar-refractivity contribution in [3.05, 3.63) is 35.1 Å². The summed E-state index contributed by atoms with van der Waals surface area (Å²) in [6, 6.07) is 5.09. The van der Waals surface area contributed by atoms with E-state index in [-0.39, 0.29) is 11.4 Å². The summed E-state index contributed by atoms with van der Waals surface area (Å²) in [6.45, 7) is 0. The quantitative estimate of drug-likeness (QED) is 0.851. The molecule has 0 saturated heterocycles. The van der Waals surface area contributed by atoms with E-state index in [0.29, 0.717) is 11.1 Å². The monoisotopic (exact) mass is 231 g/mol. The average Bonchev–Trinajstić information content (AvgIpc) is 2.78. The van der Waals surface area contributed by atoms with Crippen molar-refractivity contribution in [2.45, 2.75) is 0 Å². The van der Waals surface area contributed by atoms with Crippen LogP contribution < -0.4 is 0 Å². The van der Waals surface area contributed by atoms with Gasteiger partial charge < -0.3 is 5.11 Å². The number of pyridine rings is 1. The van der Waals surface area contributed by atoms with Crippen molar-refractivity contribution in [3.8, 4) is 17.2 Å². The van der Waals surface area contributed by atoms with E-state index in [1.807, 2.05) is 6.07 Å². The fourth-order valence-electron chi connectivity index (χ4n) is 1.25. The number of rotatable bonds is 2. The zero-order chi connectivity index (χ0) is 11.5. The summed E-state index contributed by atoms with van der Waals surface area (Å²) in [5.74, 6) is -1.08. The largest absolute Gasteiger partial charge is 0.476 e. The van der Waals surface area contributed by atoms with E-state index in [2.05, 4.69) is 9.36 Å². The topological polar surface area (TPSA) is 86.9 Å². The predicted molar refractivity (Wildman–Crippen MR) is 57.0 cm³/mol. The minimum atomic E-state index is -1.08. The van der Waals surface area contributed by atoms with Gasteiger partial charge in [0, 0.05) is 17.1 Å². The maximum Gasteiger partial charge on any atom is 0.356 e. The van der Waals surface area contributed by atoms with Gasteiger partial charge in [-0.25, -0.2) is 9.78 Å². The minimum absolute atomic E-state index is 0.0000831. The lowest BCUT2D eigenvalue weighted by Gasteiger charge is -1.98. The molecule has 0 amide bonds. The highest BCUT2D eigenvalue weighted by Crippen LogP contribution is 2.25. The third-order valence-electron chi connectivity index (χ3n) is 1.96. The van der Waals surface area contributed by atoms with Gasteiger partial charge in [-0.3, -0.25) is 0 Å². The number of hydrogen-bond acceptors (Lipinski definition) is 5. The molecule has 2 heterocycles. The molecule has 0 aliphatic heterocycles. The first-order valence-electron chi connectivity index (χ1n) is 4.26. The number of aromatic carboxylic acids is 1. The van der Waals surface area contributed by atoms with E-state index in [0.717, 1.165) is 11.5 Å². The highest BCUT2D eigenvalue weighted by Gasteiger charge is 2.15. The fourth-order valence-corrected chi connectivity index (χ4v) is 1.94. The lowest BCUT2D eigenvalue weighted by Crippen LogP contribution is -1.98. The standard InChI is InChI=1S/C10H5N3O2S/c11-4-7-3-6(1-2-12-7)8-5-16-13-9(8)10(14)15/h1-3,5H,(H,14,15). The number of carbonyl (C=O) groups is 1. The van der Waals surface area contributed by atoms with E-state index in [1.165, 1.54) is 12.3 Å². The Morgan fingerprint density at radius 1 is 1.56 bits per heavy atom. The van der Waals surface area contributed by atoms with Crippen molar-refractivity contribution < 1.29 is 9.90 Å². The molecule has 2 aromatic rings. The first kappa shape index (κ1) is 10.3. The molecule has 16 heavy (non-hydrogen) atoms. The van der Waals surface area contributed by atoms with E-state index in [9.17, 15) is 4.79 Å². The summed E-state index contributed by atoms with van der Waals surface area (Å²) in [4.78, 5) is 14.7. The Kier molecular flexibility index (Phi) is 2.62. The van der Waals surface area contributed by atoms with Crippen LogP contribution >= 0.6 is 11.5 Å². The number of nitriles is 1. The number of hydrogen-bond donors (Lipinski definition) is 1. The summed E-state index contributed by atoms with van der Waals surface area (Å²) >= 11 is 1.07. The number of carboxylic acid groups (broad SMARTS) is 1. The first-order chi connectivity index (χ1) is 7.72. The van der Waals surface area contributed by atoms with Crippen molar-refractivity contribution in [1.29, 1.82) is 5.26 Å². The second kappa shape index (κ2) is 4.08. The first-order valence-corrected chi connectivity index (χ1v) is 5.10. The Morgan fingerprint density at radius 2 is 2.38 bits per heavy atom. The lowest BCUT2D eigenvalue weighted by molar-refractivity contribution is 0.0693. The summed E-state index contributed by atoms with van der Waals surface area (Å²) in [5, 5.41) is 19.2. The van der Waals surface area contributed by atoms with Crippen LogP contribution in [0, 0.1) is 11.3 Å². The van der Waals surface area contributed by atoms with Crippen LogP contribution in [0.2, 0.25) is 0 Å². The Morgan fingerprint density at radius 3 is 3.06 bits per heavy atom. The molecule has 0 spiro atoms. The van der Waals surface area contributed by atoms with Gasteiger partial charge in [0.1, 0.15) is 11.8 Å². The Balaban J connectivity index is 2.55. The lowest BCUT2D eigenvalue weighted by atomic mass is 10.1. The van der Waals surface area contributed by atoms with Gasteiger partial charge in [-0.15, -0.1) is 0 Å². The molecule has 0 atom stereocenters. The molecule has 0 unspecified atom stereocenters. The maximum absolute atomic E-state index is 10.9. The molecule has 0 aromatic carbocycles. The molecule has 1 N–H and O–H groups in total. The molecular formula is C10H5N3O2S. The summed E-state index contributed by atoms with van der Waals surface area (Å²) in [7, 11) is 0. The normalized spacial score (nSPS) is 9.69. The third-order valence-corrected chi connectivity index (χ3v) is 2.59. The van der Waals surface area contributed by atoms with Gasteiger partial charge >= 0.3 is 5.97 Å². The summed E-state index contributed by atoms with van der Waals surface area (Å²) < 4.78 is 3.79. The van der Waals surface area contributed by atoms with E-state index < -0.39 is 5.97 Å². The molecule has 78 valence electrons. The Bertz CT molecular complexity index is 586. The average molecular weight is 231 g/mol. The van der Waals surface area contributed by atoms with Gasteiger partial charge in [0.2, 0.25) is 0 Å². The van der Waals surface area contributed by atoms with Gasteiger partial charge in [-0.05, 0) is 29.2 Å². The van der Waals surface area contributed by atoms with Crippen molar-refractivity contribution in [2.75, 3.05) is 0 Å². The zero-order valence-electron chi connectivity index (χ0n) is 7.91. The fraction of sp³-hybridized carbons (Fsp3) is 0. The minimum Gasteiger partial charge on any atom is -0.476 e. The van der Waals surface area contributed by atoms with Crippen LogP contribution in [0.4, 0.5) is 0 Å². The maximum atomic E-state index is 10.9. The molecule has 2 rings (SSSR count). The molecule has 2 aromatic heterocycles. The van der Waals surface area contributed by atoms with E-state index >= 15 is 0 Å². The van der Waals surface area contributed by atoms with Crippen molar-refractivity contribution in [3.63, 3.8) is 0 Å². The van der Waals surface area contributed by atoms with Crippen LogP contribution in [-0.2, 0) is 0 Å². The second-order valence-corrected chi connectivity index (χ2v) is 3.55. The third kappa shape index (κ3) is 1.76. The van der Waals surface area contributed by atoms with Gasteiger partial charge in [0.05, 0.1) is 0 Å². The molecular weight excluding hydrogens is 226 g/mol. The van der Waals surface area contributed by atoms with Gasteiger partial charge in [-0.1, -0.05) is 0 Å². The molecule has 0 radical (unpaired) electrons. The van der Waals surface area contributed by atoms with Gasteiger partial charge in [0.25, 0.3) is 0 Å². The smallest absolute Gasteiger partial charge is 0.356 e. The molecule has 6 heteroatoms. The van der Waals surface area contributed by atoms with Gasteiger partial charge in [0.15, 0.2) is 5.69 Å². The summed E-state index contributed by atoms with van der Waals surface area (Å²) in [5.41, 5.74) is 1.40. The SMILES string of the molecule is N#Cc1cc(-c2csnc2C(=O)O)ccn1. The van der Waals surface area contributed by atoms with Crippen LogP contribution in [0.5, 0.6) is 0 Å². The second-order valence-electron chi connectivity index (χ2n) is 2.92. The summed E-state index contributed by atoms with van der Waals surface area (Å²) in [6.07, 6.45) is 1.47. The van der Waals surface area contributed by atoms with E-state index in [1.54, 1.807) is 11.4 Å². The molecule has 0 bridgehead atoms. The molecule has 0 aliphatic rings. The van der Waals surface area contributed by atoms with Gasteiger partial charge in [-0.2, -0.15) is 9.64 Å². The van der Waals surface area contributed by atoms with Crippen molar-refractivity contribution in [2.24, 2.45) is 0 Å². The van der Waals surface area contributed by atoms with Crippen LogP contribution in [0.25, 0.3) is 11.1 Å².